The number of carbonyl (C=O) groups is 1. The number of nitrogens with zero attached hydrogens (tertiary/aromatic N) is 1. The fraction of sp³-hybridized carbons (Fsp3) is 0.577. The quantitative estimate of drug-likeness (QED) is 0.365. The van der Waals surface area contributed by atoms with Gasteiger partial charge in [-0.3, -0.25) is 9.69 Å². The largest absolute Gasteiger partial charge is 0.481 e. The lowest BCUT2D eigenvalue weighted by molar-refractivity contribution is -0.136. The summed E-state index contributed by atoms with van der Waals surface area (Å²) >= 11 is 1.58. The Balaban J connectivity index is 1.41. The predicted molar refractivity (Wildman–Crippen MR) is 133 cm³/mol. The Hall–Kier alpha value is -1.84. The number of nitrogens with one attached hydrogen (secondary N) is 1. The number of hydrogen-bond donors (Lipinski definition) is 3. The summed E-state index contributed by atoms with van der Waals surface area (Å²) in [7, 11) is 0. The normalized spacial score (nSPS) is 18.3. The van der Waals surface area contributed by atoms with Gasteiger partial charge in [0.05, 0.1) is 18.8 Å². The fourth-order valence-corrected chi connectivity index (χ4v) is 5.57. The zero-order valence-corrected chi connectivity index (χ0v) is 21.0. The second-order valence-corrected chi connectivity index (χ2v) is 10.0. The highest BCUT2D eigenvalue weighted by Gasteiger charge is 2.25. The molecule has 34 heavy (non-hydrogen) atoms. The standard InChI is InChI=1S/C26H37FN2O4S/c1-3-24(26-20(10-12-34-26)8-9-25(31)32)33-16-22(30)15-28-17-29-11-4-5-21(29)13-19-7-6-18(2)23(27)14-19/h6-7,10,12,14,21-22,24,28,30H,3-5,8-9,11,13,15-17H2,1-2H3,(H,31,32)/t21-,22?,24?/m0/s1. The van der Waals surface area contributed by atoms with Crippen LogP contribution in [0.2, 0.25) is 0 Å². The van der Waals surface area contributed by atoms with E-state index < -0.39 is 12.1 Å². The van der Waals surface area contributed by atoms with Crippen LogP contribution in [0.3, 0.4) is 0 Å². The minimum atomic E-state index is -0.807. The smallest absolute Gasteiger partial charge is 0.303 e. The molecule has 0 spiro atoms. The maximum atomic E-state index is 13.9. The number of benzene rings is 1. The number of carboxylic acid groups (broad SMARTS) is 1. The second-order valence-electron chi connectivity index (χ2n) is 9.10. The van der Waals surface area contributed by atoms with Crippen LogP contribution in [0.4, 0.5) is 4.39 Å². The molecule has 188 valence electrons. The third-order valence-electron chi connectivity index (χ3n) is 6.44. The number of carboxylic acids is 1. The van der Waals surface area contributed by atoms with Gasteiger partial charge in [0.15, 0.2) is 0 Å². The summed E-state index contributed by atoms with van der Waals surface area (Å²) in [5.74, 6) is -0.955. The first-order valence-corrected chi connectivity index (χ1v) is 13.0. The third kappa shape index (κ3) is 7.85. The highest BCUT2D eigenvalue weighted by molar-refractivity contribution is 7.10. The SMILES string of the molecule is CCC(OCC(O)CNCN1CCC[C@H]1Cc1ccc(C)c(F)c1)c1sccc1CCC(=O)O. The van der Waals surface area contributed by atoms with Crippen molar-refractivity contribution >= 4 is 17.3 Å². The number of aryl methyl sites for hydroxylation is 2. The van der Waals surface area contributed by atoms with E-state index in [0.29, 0.717) is 31.2 Å². The molecule has 6 nitrogen and oxygen atoms in total. The van der Waals surface area contributed by atoms with E-state index in [1.54, 1.807) is 24.3 Å². The second kappa shape index (κ2) is 13.3. The number of likely N-dealkylation sites (tertiary alicyclic amines) is 1. The minimum absolute atomic E-state index is 0.100. The molecule has 3 rings (SSSR count). The predicted octanol–water partition coefficient (Wildman–Crippen LogP) is 4.30. The number of halogens is 1. The van der Waals surface area contributed by atoms with Crippen LogP contribution < -0.4 is 5.32 Å². The van der Waals surface area contributed by atoms with Crippen LogP contribution in [0.1, 0.15) is 60.3 Å². The number of aliphatic carboxylic acids is 1. The van der Waals surface area contributed by atoms with E-state index in [-0.39, 0.29) is 24.9 Å². The van der Waals surface area contributed by atoms with Crippen molar-refractivity contribution in [1.29, 1.82) is 0 Å². The van der Waals surface area contributed by atoms with Crippen LogP contribution in [0, 0.1) is 12.7 Å². The highest BCUT2D eigenvalue weighted by Crippen LogP contribution is 2.30. The first-order valence-electron chi connectivity index (χ1n) is 12.1. The van der Waals surface area contributed by atoms with E-state index in [0.717, 1.165) is 48.2 Å². The van der Waals surface area contributed by atoms with Crippen molar-refractivity contribution in [1.82, 2.24) is 10.2 Å². The van der Waals surface area contributed by atoms with Crippen molar-refractivity contribution in [3.8, 4) is 0 Å². The molecule has 3 atom stereocenters. The van der Waals surface area contributed by atoms with Gasteiger partial charge >= 0.3 is 5.97 Å². The molecule has 3 N–H and O–H groups in total. The molecule has 2 aromatic rings. The summed E-state index contributed by atoms with van der Waals surface area (Å²) in [4.78, 5) is 14.3. The number of thiophene rings is 1. The molecule has 0 aliphatic carbocycles. The molecule has 0 amide bonds. The molecular formula is C26H37FN2O4S. The summed E-state index contributed by atoms with van der Waals surface area (Å²) < 4.78 is 19.9. The Morgan fingerprint density at radius 3 is 2.94 bits per heavy atom. The van der Waals surface area contributed by atoms with Crippen molar-refractivity contribution in [2.75, 3.05) is 26.4 Å². The Morgan fingerprint density at radius 1 is 1.38 bits per heavy atom. The average Bonchev–Trinajstić information content (AvgIpc) is 3.45. The van der Waals surface area contributed by atoms with E-state index in [2.05, 4.69) is 10.2 Å². The summed E-state index contributed by atoms with van der Waals surface area (Å²) in [5, 5.41) is 24.7. The molecule has 1 aromatic carbocycles. The first kappa shape index (κ1) is 26.8. The monoisotopic (exact) mass is 492 g/mol. The van der Waals surface area contributed by atoms with Crippen molar-refractivity contribution in [2.45, 2.75) is 70.6 Å². The van der Waals surface area contributed by atoms with Gasteiger partial charge in [-0.05, 0) is 79.8 Å². The lowest BCUT2D eigenvalue weighted by atomic mass is 10.0. The molecule has 1 saturated heterocycles. The van der Waals surface area contributed by atoms with Crippen molar-refractivity contribution in [3.63, 3.8) is 0 Å². The molecule has 0 bridgehead atoms. The van der Waals surface area contributed by atoms with Crippen LogP contribution in [-0.2, 0) is 22.4 Å². The van der Waals surface area contributed by atoms with E-state index in [4.69, 9.17) is 9.84 Å². The molecule has 1 aliphatic rings. The average molecular weight is 493 g/mol. The lowest BCUT2D eigenvalue weighted by Gasteiger charge is -2.26. The zero-order chi connectivity index (χ0) is 24.5. The van der Waals surface area contributed by atoms with Crippen molar-refractivity contribution in [2.24, 2.45) is 0 Å². The molecule has 0 saturated carbocycles. The Bertz CT molecular complexity index is 922. The van der Waals surface area contributed by atoms with Gasteiger partial charge in [-0.15, -0.1) is 11.3 Å². The van der Waals surface area contributed by atoms with Crippen LogP contribution >= 0.6 is 11.3 Å². The van der Waals surface area contributed by atoms with Gasteiger partial charge in [0, 0.05) is 30.6 Å². The minimum Gasteiger partial charge on any atom is -0.481 e. The first-order chi connectivity index (χ1) is 16.4. The number of aliphatic hydroxyl groups excluding tert-OH is 1. The van der Waals surface area contributed by atoms with Gasteiger partial charge in [-0.1, -0.05) is 19.1 Å². The summed E-state index contributed by atoms with van der Waals surface area (Å²) in [6.07, 6.45) is 3.61. The van der Waals surface area contributed by atoms with Crippen LogP contribution in [0.5, 0.6) is 0 Å². The molecule has 0 radical (unpaired) electrons. The van der Waals surface area contributed by atoms with E-state index >= 15 is 0 Å². The van der Waals surface area contributed by atoms with E-state index in [9.17, 15) is 14.3 Å². The lowest BCUT2D eigenvalue weighted by Crippen LogP contribution is -2.42. The van der Waals surface area contributed by atoms with Gasteiger partial charge < -0.3 is 20.3 Å². The molecule has 8 heteroatoms. The van der Waals surface area contributed by atoms with Crippen LogP contribution in [0.25, 0.3) is 0 Å². The maximum Gasteiger partial charge on any atom is 0.303 e. The van der Waals surface area contributed by atoms with E-state index in [1.807, 2.05) is 30.5 Å². The molecule has 2 heterocycles. The molecule has 1 aliphatic heterocycles. The van der Waals surface area contributed by atoms with Crippen LogP contribution in [-0.4, -0.2) is 59.6 Å². The molecule has 1 aromatic heterocycles. The van der Waals surface area contributed by atoms with Gasteiger partial charge in [0.1, 0.15) is 5.82 Å². The van der Waals surface area contributed by atoms with Gasteiger partial charge in [-0.25, -0.2) is 4.39 Å². The Morgan fingerprint density at radius 2 is 2.21 bits per heavy atom. The number of ether oxygens (including phenoxy) is 1. The molecule has 1 fully saturated rings. The fourth-order valence-electron chi connectivity index (χ4n) is 4.49. The number of aliphatic hydroxyl groups is 1. The van der Waals surface area contributed by atoms with Gasteiger partial charge in [0.2, 0.25) is 0 Å². The number of hydrogen-bond acceptors (Lipinski definition) is 6. The molecule has 2 unspecified atom stereocenters. The maximum absolute atomic E-state index is 13.9. The Kier molecular flexibility index (Phi) is 10.5. The third-order valence-corrected chi connectivity index (χ3v) is 7.49. The molecular weight excluding hydrogens is 455 g/mol. The van der Waals surface area contributed by atoms with Gasteiger partial charge in [-0.2, -0.15) is 0 Å². The van der Waals surface area contributed by atoms with Crippen molar-refractivity contribution < 1.29 is 24.1 Å². The van der Waals surface area contributed by atoms with Crippen molar-refractivity contribution in [3.05, 3.63) is 57.0 Å². The Labute approximate surface area is 205 Å². The van der Waals surface area contributed by atoms with E-state index in [1.165, 1.54) is 0 Å². The summed E-state index contributed by atoms with van der Waals surface area (Å²) in [6.45, 7) is 6.12. The summed E-state index contributed by atoms with van der Waals surface area (Å²) in [5.41, 5.74) is 2.71. The topological polar surface area (TPSA) is 82.0 Å². The zero-order valence-electron chi connectivity index (χ0n) is 20.1. The summed E-state index contributed by atoms with van der Waals surface area (Å²) in [6, 6.07) is 7.83. The number of rotatable bonds is 14. The van der Waals surface area contributed by atoms with Crippen LogP contribution in [0.15, 0.2) is 29.6 Å². The highest BCUT2D eigenvalue weighted by atomic mass is 32.1. The van der Waals surface area contributed by atoms with Gasteiger partial charge in [0.25, 0.3) is 0 Å².